The molecule has 96 valence electrons. The zero-order valence-electron chi connectivity index (χ0n) is 9.47. The molecule has 0 saturated carbocycles. The van der Waals surface area contributed by atoms with Crippen LogP contribution in [0.25, 0.3) is 0 Å². The van der Waals surface area contributed by atoms with Crippen molar-refractivity contribution in [1.82, 2.24) is 15.5 Å². The molecule has 17 heavy (non-hydrogen) atoms. The Labute approximate surface area is 96.6 Å². The second-order valence-electron chi connectivity index (χ2n) is 4.61. The van der Waals surface area contributed by atoms with E-state index >= 15 is 0 Å². The second kappa shape index (κ2) is 4.29. The maximum atomic E-state index is 12.2. The van der Waals surface area contributed by atoms with Crippen molar-refractivity contribution in [3.05, 3.63) is 11.7 Å². The highest BCUT2D eigenvalue weighted by molar-refractivity contribution is 5.07. The first-order chi connectivity index (χ1) is 7.89. The van der Waals surface area contributed by atoms with E-state index in [1.807, 2.05) is 6.92 Å². The molecule has 0 unspecified atom stereocenters. The molecule has 1 aliphatic rings. The first-order valence-corrected chi connectivity index (χ1v) is 5.50. The van der Waals surface area contributed by atoms with E-state index in [2.05, 4.69) is 20.0 Å². The number of piperidine rings is 1. The Morgan fingerprint density at radius 2 is 2.00 bits per heavy atom. The molecule has 7 heteroatoms. The number of rotatable bonds is 2. The fraction of sp³-hybridized carbons (Fsp3) is 0.800. The number of alkyl halides is 3. The number of halogens is 3. The molecule has 0 aliphatic carbocycles. The molecule has 0 radical (unpaired) electrons. The van der Waals surface area contributed by atoms with Gasteiger partial charge in [-0.1, -0.05) is 12.1 Å². The summed E-state index contributed by atoms with van der Waals surface area (Å²) in [5, 5.41) is 6.87. The zero-order valence-corrected chi connectivity index (χ0v) is 9.47. The van der Waals surface area contributed by atoms with Crippen molar-refractivity contribution in [1.29, 1.82) is 0 Å². The average Bonchev–Trinajstić information content (AvgIpc) is 2.65. The van der Waals surface area contributed by atoms with Crippen LogP contribution in [0.1, 0.15) is 31.5 Å². The molecule has 0 atom stereocenters. The van der Waals surface area contributed by atoms with Crippen molar-refractivity contribution < 1.29 is 17.7 Å². The summed E-state index contributed by atoms with van der Waals surface area (Å²) >= 11 is 0. The van der Waals surface area contributed by atoms with Gasteiger partial charge in [0.05, 0.1) is 0 Å². The lowest BCUT2D eigenvalue weighted by atomic mass is 9.80. The van der Waals surface area contributed by atoms with Crippen LogP contribution in [-0.2, 0) is 11.8 Å². The van der Waals surface area contributed by atoms with Crippen molar-refractivity contribution in [2.45, 2.75) is 37.8 Å². The fourth-order valence-electron chi connectivity index (χ4n) is 1.95. The van der Waals surface area contributed by atoms with Crippen molar-refractivity contribution in [3.8, 4) is 0 Å². The molecule has 0 bridgehead atoms. The summed E-state index contributed by atoms with van der Waals surface area (Å²) < 4.78 is 41.1. The lowest BCUT2D eigenvalue weighted by Crippen LogP contribution is -2.38. The molecule has 1 saturated heterocycles. The molecule has 1 fully saturated rings. The summed E-state index contributed by atoms with van der Waals surface area (Å²) in [6, 6.07) is 0. The van der Waals surface area contributed by atoms with Gasteiger partial charge in [0.1, 0.15) is 6.42 Å². The smallest absolute Gasteiger partial charge is 0.339 e. The van der Waals surface area contributed by atoms with Crippen LogP contribution in [0.5, 0.6) is 0 Å². The number of nitrogens with one attached hydrogen (secondary N) is 1. The molecule has 0 spiro atoms. The van der Waals surface area contributed by atoms with Crippen molar-refractivity contribution in [2.75, 3.05) is 13.1 Å². The predicted molar refractivity (Wildman–Crippen MR) is 53.5 cm³/mol. The molecule has 1 aliphatic heterocycles. The molecular weight excluding hydrogens is 235 g/mol. The van der Waals surface area contributed by atoms with Crippen molar-refractivity contribution >= 4 is 0 Å². The van der Waals surface area contributed by atoms with Gasteiger partial charge in [0.15, 0.2) is 5.82 Å². The SMILES string of the molecule is CC1(c2noc(CC(F)(F)F)n2)CCNCC1. The maximum absolute atomic E-state index is 12.2. The van der Waals surface area contributed by atoms with Gasteiger partial charge in [0.25, 0.3) is 0 Å². The van der Waals surface area contributed by atoms with E-state index in [-0.39, 0.29) is 11.3 Å². The van der Waals surface area contributed by atoms with E-state index in [1.165, 1.54) is 0 Å². The monoisotopic (exact) mass is 249 g/mol. The van der Waals surface area contributed by atoms with Crippen LogP contribution in [-0.4, -0.2) is 29.4 Å². The van der Waals surface area contributed by atoms with E-state index in [4.69, 9.17) is 0 Å². The number of hydrogen-bond donors (Lipinski definition) is 1. The molecule has 1 aromatic rings. The molecule has 2 rings (SSSR count). The van der Waals surface area contributed by atoms with Crippen LogP contribution in [0, 0.1) is 0 Å². The van der Waals surface area contributed by atoms with Crippen LogP contribution >= 0.6 is 0 Å². The molecule has 0 amide bonds. The van der Waals surface area contributed by atoms with Gasteiger partial charge in [-0.05, 0) is 25.9 Å². The van der Waals surface area contributed by atoms with Gasteiger partial charge in [-0.15, -0.1) is 0 Å². The van der Waals surface area contributed by atoms with Crippen LogP contribution in [0.4, 0.5) is 13.2 Å². The lowest BCUT2D eigenvalue weighted by Gasteiger charge is -2.30. The minimum Gasteiger partial charge on any atom is -0.339 e. The first kappa shape index (κ1) is 12.3. The quantitative estimate of drug-likeness (QED) is 0.868. The van der Waals surface area contributed by atoms with Crippen LogP contribution in [0.3, 0.4) is 0 Å². The van der Waals surface area contributed by atoms with E-state index in [0.717, 1.165) is 25.9 Å². The number of aromatic nitrogens is 2. The Kier molecular flexibility index (Phi) is 3.11. The molecule has 0 aromatic carbocycles. The van der Waals surface area contributed by atoms with E-state index in [9.17, 15) is 13.2 Å². The number of hydrogen-bond acceptors (Lipinski definition) is 4. The Balaban J connectivity index is 2.12. The highest BCUT2D eigenvalue weighted by Crippen LogP contribution is 2.31. The summed E-state index contributed by atoms with van der Waals surface area (Å²) in [4.78, 5) is 3.87. The second-order valence-corrected chi connectivity index (χ2v) is 4.61. The van der Waals surface area contributed by atoms with Gasteiger partial charge in [-0.2, -0.15) is 18.2 Å². The molecule has 2 heterocycles. The van der Waals surface area contributed by atoms with Gasteiger partial charge in [0.2, 0.25) is 5.89 Å². The Hall–Kier alpha value is -1.11. The van der Waals surface area contributed by atoms with Gasteiger partial charge < -0.3 is 9.84 Å². The highest BCUT2D eigenvalue weighted by atomic mass is 19.4. The lowest BCUT2D eigenvalue weighted by molar-refractivity contribution is -0.131. The summed E-state index contributed by atoms with van der Waals surface area (Å²) in [6.07, 6.45) is -3.86. The summed E-state index contributed by atoms with van der Waals surface area (Å²) in [5.74, 6) is 0.0329. The fourth-order valence-corrected chi connectivity index (χ4v) is 1.95. The highest BCUT2D eigenvalue weighted by Gasteiger charge is 2.36. The number of nitrogens with zero attached hydrogens (tertiary/aromatic N) is 2. The van der Waals surface area contributed by atoms with Gasteiger partial charge in [0, 0.05) is 5.41 Å². The van der Waals surface area contributed by atoms with E-state index < -0.39 is 12.6 Å². The third-order valence-corrected chi connectivity index (χ3v) is 3.07. The Morgan fingerprint density at radius 1 is 1.35 bits per heavy atom. The van der Waals surface area contributed by atoms with E-state index in [0.29, 0.717) is 5.82 Å². The summed E-state index contributed by atoms with van der Waals surface area (Å²) in [6.45, 7) is 3.59. The first-order valence-electron chi connectivity index (χ1n) is 5.50. The minimum absolute atomic E-state index is 0.279. The van der Waals surface area contributed by atoms with Crippen LogP contribution in [0.15, 0.2) is 4.52 Å². The summed E-state index contributed by atoms with van der Waals surface area (Å²) in [7, 11) is 0. The Morgan fingerprint density at radius 3 is 2.59 bits per heavy atom. The van der Waals surface area contributed by atoms with E-state index in [1.54, 1.807) is 0 Å². The zero-order chi connectivity index (χ0) is 12.5. The van der Waals surface area contributed by atoms with Crippen molar-refractivity contribution in [3.63, 3.8) is 0 Å². The van der Waals surface area contributed by atoms with Crippen LogP contribution < -0.4 is 5.32 Å². The average molecular weight is 249 g/mol. The van der Waals surface area contributed by atoms with Crippen LogP contribution in [0.2, 0.25) is 0 Å². The third-order valence-electron chi connectivity index (χ3n) is 3.07. The van der Waals surface area contributed by atoms with Gasteiger partial charge >= 0.3 is 6.18 Å². The summed E-state index contributed by atoms with van der Waals surface area (Å²) in [5.41, 5.74) is -0.279. The molecule has 1 aromatic heterocycles. The molecule has 4 nitrogen and oxygen atoms in total. The standard InChI is InChI=1S/C10H14F3N3O/c1-9(2-4-14-5-3-9)8-15-7(17-16-8)6-10(11,12)13/h14H,2-6H2,1H3. The predicted octanol–water partition coefficient (Wildman–Crippen LogP) is 1.82. The van der Waals surface area contributed by atoms with Crippen molar-refractivity contribution in [2.24, 2.45) is 0 Å². The largest absolute Gasteiger partial charge is 0.397 e. The topological polar surface area (TPSA) is 51.0 Å². The molecular formula is C10H14F3N3O. The van der Waals surface area contributed by atoms with Gasteiger partial charge in [-0.25, -0.2) is 0 Å². The normalized spacial score (nSPS) is 20.5. The van der Waals surface area contributed by atoms with Gasteiger partial charge in [-0.3, -0.25) is 0 Å². The molecule has 1 N–H and O–H groups in total. The minimum atomic E-state index is -4.31. The Bertz CT molecular complexity index is 382. The third kappa shape index (κ3) is 2.96. The maximum Gasteiger partial charge on any atom is 0.397 e.